The molecule has 1 nitrogen and oxygen atoms in total. The first-order valence-electron chi connectivity index (χ1n) is 1.15. The Kier molecular flexibility index (Phi) is 17.1. The molecule has 3 heteroatoms. The van der Waals surface area contributed by atoms with Crippen molar-refractivity contribution in [3.05, 3.63) is 0 Å². The minimum atomic E-state index is 0. The van der Waals surface area contributed by atoms with E-state index in [-0.39, 0.29) is 29.6 Å². The van der Waals surface area contributed by atoms with Gasteiger partial charge in [-0.15, -0.1) is 0 Å². The molecule has 0 amide bonds. The predicted octanol–water partition coefficient (Wildman–Crippen LogP) is 0.528. The molecule has 0 aliphatic rings. The molecule has 0 radical (unpaired) electrons. The van der Waals surface area contributed by atoms with Crippen LogP contribution in [0.4, 0.5) is 0 Å². The zero-order valence-corrected chi connectivity index (χ0v) is 3.25. The van der Waals surface area contributed by atoms with Crippen LogP contribution in [-0.2, 0) is 4.29 Å². The third kappa shape index (κ3) is 11.0. The molecule has 0 heterocycles. The van der Waals surface area contributed by atoms with Crippen LogP contribution in [0.15, 0.2) is 0 Å². The molecule has 0 atom stereocenters. The van der Waals surface area contributed by atoms with E-state index in [4.69, 9.17) is 0 Å². The number of rotatable bonds is 1. The quantitative estimate of drug-likeness (QED) is 0.441. The van der Waals surface area contributed by atoms with Crippen LogP contribution < -0.4 is 0 Å². The van der Waals surface area contributed by atoms with Gasteiger partial charge in [-0.25, -0.2) is 0 Å². The van der Waals surface area contributed by atoms with Crippen LogP contribution in [0.1, 0.15) is 6.92 Å². The average Bonchev–Trinajstić information content (AvgIpc) is 1.37. The van der Waals surface area contributed by atoms with Gasteiger partial charge in [0.15, 0.2) is 0 Å². The predicted molar refractivity (Wildman–Crippen MR) is 24.6 cm³/mol. The van der Waals surface area contributed by atoms with Gasteiger partial charge >= 0.3 is 29.6 Å². The van der Waals surface area contributed by atoms with Crippen molar-refractivity contribution >= 4 is 41.4 Å². The van der Waals surface area contributed by atoms with Gasteiger partial charge in [0.2, 0.25) is 0 Å². The first-order chi connectivity index (χ1) is 1.91. The van der Waals surface area contributed by atoms with E-state index in [2.05, 4.69) is 16.2 Å². The topological polar surface area (TPSA) is 9.23 Å². The molecule has 0 saturated carbocycles. The summed E-state index contributed by atoms with van der Waals surface area (Å²) in [7, 11) is 0. The van der Waals surface area contributed by atoms with Crippen molar-refractivity contribution in [1.29, 1.82) is 0 Å². The van der Waals surface area contributed by atoms with Crippen LogP contribution in [0.25, 0.3) is 0 Å². The zero-order valence-electron chi connectivity index (χ0n) is 2.49. The summed E-state index contributed by atoms with van der Waals surface area (Å²) in [5.41, 5.74) is 0. The van der Waals surface area contributed by atoms with Crippen LogP contribution in [-0.4, -0.2) is 36.2 Å². The van der Waals surface area contributed by atoms with Crippen LogP contribution in [0, 0.1) is 0 Å². The Morgan fingerprint density at radius 1 is 1.80 bits per heavy atom. The molecule has 0 aliphatic carbocycles. The van der Waals surface area contributed by atoms with E-state index in [1.165, 1.54) is 0 Å². The Bertz CT molecular complexity index is 11.6. The Balaban J connectivity index is 0. The normalized spacial score (nSPS) is 6.00. The second-order valence-corrected chi connectivity index (χ2v) is 0.616. The van der Waals surface area contributed by atoms with Crippen molar-refractivity contribution < 1.29 is 4.29 Å². The molecule has 0 aromatic heterocycles. The molecule has 0 saturated heterocycles. The SMILES string of the molecule is CCOCl.[NaH]. The van der Waals surface area contributed by atoms with E-state index < -0.39 is 0 Å². The molecular formula is C2H6ClNaO. The first kappa shape index (κ1) is 9.54. The van der Waals surface area contributed by atoms with Crippen LogP contribution in [0.2, 0.25) is 0 Å². The fourth-order valence-electron chi connectivity index (χ4n) is 0. The van der Waals surface area contributed by atoms with E-state index in [0.29, 0.717) is 6.61 Å². The maximum atomic E-state index is 4.69. The molecule has 0 N–H and O–H groups in total. The third-order valence-electron chi connectivity index (χ3n) is 0.109. The van der Waals surface area contributed by atoms with Crippen molar-refractivity contribution in [2.24, 2.45) is 0 Å². The van der Waals surface area contributed by atoms with Gasteiger partial charge in [0, 0.05) is 0 Å². The Labute approximate surface area is 59.1 Å². The summed E-state index contributed by atoms with van der Waals surface area (Å²) < 4.78 is 4.01. The van der Waals surface area contributed by atoms with Gasteiger partial charge in [-0.3, -0.25) is 4.29 Å². The molecule has 0 bridgehead atoms. The van der Waals surface area contributed by atoms with Gasteiger partial charge in [0.05, 0.1) is 18.5 Å². The van der Waals surface area contributed by atoms with Crippen molar-refractivity contribution in [1.82, 2.24) is 0 Å². The van der Waals surface area contributed by atoms with Gasteiger partial charge in [0.1, 0.15) is 0 Å². The molecule has 0 aromatic rings. The van der Waals surface area contributed by atoms with Gasteiger partial charge in [0.25, 0.3) is 0 Å². The summed E-state index contributed by atoms with van der Waals surface area (Å²) in [5, 5.41) is 0. The zero-order chi connectivity index (χ0) is 3.41. The van der Waals surface area contributed by atoms with Gasteiger partial charge in [-0.1, -0.05) is 0 Å². The fourth-order valence-corrected chi connectivity index (χ4v) is 0. The van der Waals surface area contributed by atoms with E-state index in [9.17, 15) is 0 Å². The first-order valence-corrected chi connectivity index (χ1v) is 1.46. The molecule has 0 fully saturated rings. The number of hydrogen-bond acceptors (Lipinski definition) is 1. The van der Waals surface area contributed by atoms with E-state index in [1.807, 2.05) is 6.92 Å². The maximum absolute atomic E-state index is 4.69. The second kappa shape index (κ2) is 8.98. The second-order valence-electron chi connectivity index (χ2n) is 0.398. The van der Waals surface area contributed by atoms with E-state index in [1.54, 1.807) is 0 Å². The van der Waals surface area contributed by atoms with Gasteiger partial charge in [-0.2, -0.15) is 0 Å². The summed E-state index contributed by atoms with van der Waals surface area (Å²) in [5.74, 6) is 0. The Morgan fingerprint density at radius 2 is 2.00 bits per heavy atom. The molecule has 5 heavy (non-hydrogen) atoms. The summed E-state index contributed by atoms with van der Waals surface area (Å²) >= 11 is 4.69. The molecule has 28 valence electrons. The Hall–Kier alpha value is 1.25. The minimum absolute atomic E-state index is 0. The van der Waals surface area contributed by atoms with E-state index >= 15 is 0 Å². The summed E-state index contributed by atoms with van der Waals surface area (Å²) in [6, 6.07) is 0. The molecule has 0 rings (SSSR count). The third-order valence-corrected chi connectivity index (χ3v) is 0.327. The van der Waals surface area contributed by atoms with Crippen molar-refractivity contribution in [2.75, 3.05) is 6.61 Å². The summed E-state index contributed by atoms with van der Waals surface area (Å²) in [6.07, 6.45) is 0. The Morgan fingerprint density at radius 3 is 2.00 bits per heavy atom. The molecule has 0 aliphatic heterocycles. The average molecular weight is 105 g/mol. The molecular weight excluding hydrogens is 98.5 g/mol. The van der Waals surface area contributed by atoms with Crippen LogP contribution >= 0.6 is 11.9 Å². The summed E-state index contributed by atoms with van der Waals surface area (Å²) in [4.78, 5) is 0. The van der Waals surface area contributed by atoms with Crippen molar-refractivity contribution in [3.63, 3.8) is 0 Å². The fraction of sp³-hybridized carbons (Fsp3) is 1.00. The number of halogens is 1. The van der Waals surface area contributed by atoms with Gasteiger partial charge in [-0.05, 0) is 6.92 Å². The molecule has 0 spiro atoms. The monoisotopic (exact) mass is 104 g/mol. The van der Waals surface area contributed by atoms with E-state index in [0.717, 1.165) is 0 Å². The molecule has 0 unspecified atom stereocenters. The molecule has 0 aromatic carbocycles. The van der Waals surface area contributed by atoms with Crippen LogP contribution in [0.3, 0.4) is 0 Å². The van der Waals surface area contributed by atoms with Gasteiger partial charge < -0.3 is 0 Å². The standard InChI is InChI=1S/C2H5ClO.Na.H/c1-2-4-3;;/h2H2,1H3;;. The van der Waals surface area contributed by atoms with Crippen molar-refractivity contribution in [2.45, 2.75) is 6.92 Å². The number of hydrogen-bond donors (Lipinski definition) is 0. The van der Waals surface area contributed by atoms with Crippen LogP contribution in [0.5, 0.6) is 0 Å². The summed E-state index contributed by atoms with van der Waals surface area (Å²) in [6.45, 7) is 2.41. The van der Waals surface area contributed by atoms with Crippen molar-refractivity contribution in [3.8, 4) is 0 Å².